The van der Waals surface area contributed by atoms with E-state index in [1.165, 1.54) is 0 Å². The molecule has 2 rings (SSSR count). The lowest BCUT2D eigenvalue weighted by Crippen LogP contribution is -2.33. The van der Waals surface area contributed by atoms with Crippen molar-refractivity contribution >= 4 is 23.4 Å². The highest BCUT2D eigenvalue weighted by Gasteiger charge is 2.37. The number of benzene rings is 1. The molecule has 1 aromatic carbocycles. The fourth-order valence-corrected chi connectivity index (χ4v) is 2.60. The summed E-state index contributed by atoms with van der Waals surface area (Å²) < 4.78 is 0. The molecule has 1 fully saturated rings. The minimum Gasteiger partial charge on any atom is -0.369 e. The summed E-state index contributed by atoms with van der Waals surface area (Å²) in [5.74, 6) is -0.575. The standard InChI is InChI=1S/C13H15ClN2O2/c14-7-11(9-4-2-1-3-5-9)16-8-10(13(15)18)6-12(16)17/h1-5,10-11H,6-8H2,(H2,15,18)/t10-,11?/m0/s1. The van der Waals surface area contributed by atoms with Crippen LogP contribution < -0.4 is 5.73 Å². The number of primary amides is 1. The molecule has 1 aliphatic rings. The predicted octanol–water partition coefficient (Wildman–Crippen LogP) is 1.30. The van der Waals surface area contributed by atoms with Gasteiger partial charge >= 0.3 is 0 Å². The van der Waals surface area contributed by atoms with Gasteiger partial charge in [0.15, 0.2) is 0 Å². The average Bonchev–Trinajstić information content (AvgIpc) is 2.74. The van der Waals surface area contributed by atoms with Gasteiger partial charge in [-0.05, 0) is 5.56 Å². The van der Waals surface area contributed by atoms with Gasteiger partial charge < -0.3 is 10.6 Å². The van der Waals surface area contributed by atoms with Gasteiger partial charge in [-0.3, -0.25) is 9.59 Å². The lowest BCUT2D eigenvalue weighted by Gasteiger charge is -2.26. The summed E-state index contributed by atoms with van der Waals surface area (Å²) in [6, 6.07) is 9.38. The first-order chi connectivity index (χ1) is 8.63. The van der Waals surface area contributed by atoms with Gasteiger partial charge in [-0.2, -0.15) is 0 Å². The first kappa shape index (κ1) is 12.9. The highest BCUT2D eigenvalue weighted by molar-refractivity contribution is 6.18. The van der Waals surface area contributed by atoms with Gasteiger partial charge in [0.05, 0.1) is 12.0 Å². The maximum atomic E-state index is 11.9. The number of rotatable bonds is 4. The van der Waals surface area contributed by atoms with Crippen LogP contribution in [0, 0.1) is 5.92 Å². The number of hydrogen-bond donors (Lipinski definition) is 1. The number of halogens is 1. The normalized spacial score (nSPS) is 21.1. The van der Waals surface area contributed by atoms with Crippen molar-refractivity contribution in [2.75, 3.05) is 12.4 Å². The summed E-state index contributed by atoms with van der Waals surface area (Å²) >= 11 is 5.96. The molecule has 1 saturated heterocycles. The summed E-state index contributed by atoms with van der Waals surface area (Å²) in [6.45, 7) is 0.362. The maximum absolute atomic E-state index is 11.9. The molecule has 18 heavy (non-hydrogen) atoms. The van der Waals surface area contributed by atoms with E-state index in [1.807, 2.05) is 30.3 Å². The zero-order valence-electron chi connectivity index (χ0n) is 9.88. The van der Waals surface area contributed by atoms with E-state index in [4.69, 9.17) is 17.3 Å². The number of carbonyl (C=O) groups excluding carboxylic acids is 2. The van der Waals surface area contributed by atoms with Crippen molar-refractivity contribution in [3.05, 3.63) is 35.9 Å². The number of hydrogen-bond acceptors (Lipinski definition) is 2. The molecule has 0 aromatic heterocycles. The molecule has 2 atom stereocenters. The van der Waals surface area contributed by atoms with Crippen LogP contribution in [-0.4, -0.2) is 29.1 Å². The Hall–Kier alpha value is -1.55. The van der Waals surface area contributed by atoms with Crippen LogP contribution >= 0.6 is 11.6 Å². The zero-order chi connectivity index (χ0) is 13.1. The molecular weight excluding hydrogens is 252 g/mol. The van der Waals surface area contributed by atoms with Crippen molar-refractivity contribution in [3.63, 3.8) is 0 Å². The fraction of sp³-hybridized carbons (Fsp3) is 0.385. The van der Waals surface area contributed by atoms with Crippen LogP contribution in [0.15, 0.2) is 30.3 Å². The van der Waals surface area contributed by atoms with Crippen molar-refractivity contribution in [1.82, 2.24) is 4.90 Å². The van der Waals surface area contributed by atoms with E-state index in [1.54, 1.807) is 4.90 Å². The molecule has 5 heteroatoms. The van der Waals surface area contributed by atoms with Crippen LogP contribution in [0.2, 0.25) is 0 Å². The first-order valence-electron chi connectivity index (χ1n) is 5.83. The third-order valence-electron chi connectivity index (χ3n) is 3.27. The second kappa shape index (κ2) is 5.40. The summed E-state index contributed by atoms with van der Waals surface area (Å²) in [5, 5.41) is 0. The molecule has 96 valence electrons. The van der Waals surface area contributed by atoms with Crippen LogP contribution in [0.3, 0.4) is 0 Å². The van der Waals surface area contributed by atoms with E-state index in [2.05, 4.69) is 0 Å². The Balaban J connectivity index is 2.19. The quantitative estimate of drug-likeness (QED) is 0.835. The third-order valence-corrected chi connectivity index (χ3v) is 3.56. The second-order valence-electron chi connectivity index (χ2n) is 4.43. The Morgan fingerprint density at radius 3 is 2.61 bits per heavy atom. The van der Waals surface area contributed by atoms with Crippen LogP contribution in [0.25, 0.3) is 0 Å². The maximum Gasteiger partial charge on any atom is 0.224 e. The predicted molar refractivity (Wildman–Crippen MR) is 68.9 cm³/mol. The highest BCUT2D eigenvalue weighted by atomic mass is 35.5. The second-order valence-corrected chi connectivity index (χ2v) is 4.74. The van der Waals surface area contributed by atoms with Gasteiger partial charge in [-0.25, -0.2) is 0 Å². The largest absolute Gasteiger partial charge is 0.369 e. The molecule has 1 aliphatic heterocycles. The van der Waals surface area contributed by atoms with E-state index in [-0.39, 0.29) is 18.4 Å². The van der Waals surface area contributed by atoms with E-state index in [0.717, 1.165) is 5.56 Å². The van der Waals surface area contributed by atoms with E-state index in [9.17, 15) is 9.59 Å². The smallest absolute Gasteiger partial charge is 0.224 e. The van der Waals surface area contributed by atoms with E-state index >= 15 is 0 Å². The summed E-state index contributed by atoms with van der Waals surface area (Å²) in [4.78, 5) is 24.7. The number of nitrogens with zero attached hydrogens (tertiary/aromatic N) is 1. The van der Waals surface area contributed by atoms with Crippen molar-refractivity contribution in [3.8, 4) is 0 Å². The Bertz CT molecular complexity index is 450. The molecule has 0 spiro atoms. The summed E-state index contributed by atoms with van der Waals surface area (Å²) in [7, 11) is 0. The summed E-state index contributed by atoms with van der Waals surface area (Å²) in [6.07, 6.45) is 0.190. The average molecular weight is 267 g/mol. The molecule has 2 amide bonds. The Kier molecular flexibility index (Phi) is 3.87. The molecule has 2 N–H and O–H groups in total. The Morgan fingerprint density at radius 1 is 1.44 bits per heavy atom. The van der Waals surface area contributed by atoms with E-state index in [0.29, 0.717) is 12.4 Å². The monoisotopic (exact) mass is 266 g/mol. The van der Waals surface area contributed by atoms with E-state index < -0.39 is 11.8 Å². The molecule has 0 bridgehead atoms. The highest BCUT2D eigenvalue weighted by Crippen LogP contribution is 2.29. The SMILES string of the molecule is NC(=O)[C@H]1CC(=O)N(C(CCl)c2ccccc2)C1. The molecule has 0 saturated carbocycles. The van der Waals surface area contributed by atoms with Crippen molar-refractivity contribution in [2.24, 2.45) is 11.7 Å². The van der Waals surface area contributed by atoms with Crippen LogP contribution in [0.4, 0.5) is 0 Å². The van der Waals surface area contributed by atoms with Crippen LogP contribution in [0.5, 0.6) is 0 Å². The number of amides is 2. The zero-order valence-corrected chi connectivity index (χ0v) is 10.6. The molecule has 4 nitrogen and oxygen atoms in total. The first-order valence-corrected chi connectivity index (χ1v) is 6.36. The molecule has 0 radical (unpaired) electrons. The minimum absolute atomic E-state index is 0.0618. The molecular formula is C13H15ClN2O2. The van der Waals surface area contributed by atoms with Gasteiger partial charge in [0, 0.05) is 18.8 Å². The van der Waals surface area contributed by atoms with Gasteiger partial charge in [-0.15, -0.1) is 11.6 Å². The summed E-state index contributed by atoms with van der Waals surface area (Å²) in [5.41, 5.74) is 6.23. The topological polar surface area (TPSA) is 63.4 Å². The van der Waals surface area contributed by atoms with Gasteiger partial charge in [0.25, 0.3) is 0 Å². The lowest BCUT2D eigenvalue weighted by atomic mass is 10.1. The van der Waals surface area contributed by atoms with Crippen LogP contribution in [0.1, 0.15) is 18.0 Å². The van der Waals surface area contributed by atoms with Crippen molar-refractivity contribution in [1.29, 1.82) is 0 Å². The molecule has 1 heterocycles. The van der Waals surface area contributed by atoms with Gasteiger partial charge in [-0.1, -0.05) is 30.3 Å². The number of likely N-dealkylation sites (tertiary alicyclic amines) is 1. The van der Waals surface area contributed by atoms with Crippen molar-refractivity contribution < 1.29 is 9.59 Å². The molecule has 0 aliphatic carbocycles. The van der Waals surface area contributed by atoms with Crippen LogP contribution in [-0.2, 0) is 9.59 Å². The van der Waals surface area contributed by atoms with Gasteiger partial charge in [0.1, 0.15) is 0 Å². The molecule has 1 aromatic rings. The molecule has 1 unspecified atom stereocenters. The van der Waals surface area contributed by atoms with Crippen molar-refractivity contribution in [2.45, 2.75) is 12.5 Å². The number of alkyl halides is 1. The fourth-order valence-electron chi connectivity index (χ4n) is 2.25. The minimum atomic E-state index is -0.424. The third kappa shape index (κ3) is 2.48. The van der Waals surface area contributed by atoms with Gasteiger partial charge in [0.2, 0.25) is 11.8 Å². The number of carbonyl (C=O) groups is 2. The lowest BCUT2D eigenvalue weighted by molar-refractivity contribution is -0.129. The Morgan fingerprint density at radius 2 is 2.11 bits per heavy atom. The Labute approximate surface area is 111 Å². The number of nitrogens with two attached hydrogens (primary N) is 1.